The number of carbonyl (C=O) groups is 1. The molecule has 0 radical (unpaired) electrons. The van der Waals surface area contributed by atoms with Gasteiger partial charge in [0.15, 0.2) is 17.1 Å². The summed E-state index contributed by atoms with van der Waals surface area (Å²) >= 11 is 0. The molecule has 1 heterocycles. The maximum absolute atomic E-state index is 14.1. The number of nitrogens with zero attached hydrogens (tertiary/aromatic N) is 2. The Labute approximate surface area is 191 Å². The summed E-state index contributed by atoms with van der Waals surface area (Å²) in [6.07, 6.45) is 0.292. The molecule has 0 saturated carbocycles. The second-order valence-electron chi connectivity index (χ2n) is 7.75. The fourth-order valence-corrected chi connectivity index (χ4v) is 3.86. The van der Waals surface area contributed by atoms with Gasteiger partial charge in [-0.1, -0.05) is 26.0 Å². The van der Waals surface area contributed by atoms with Gasteiger partial charge < -0.3 is 19.3 Å². The van der Waals surface area contributed by atoms with Crippen LogP contribution in [0.4, 0.5) is 8.78 Å². The van der Waals surface area contributed by atoms with E-state index in [1.54, 1.807) is 18.2 Å². The first kappa shape index (κ1) is 24.4. The summed E-state index contributed by atoms with van der Waals surface area (Å²) < 4.78 is 35.0. The molecule has 33 heavy (non-hydrogen) atoms. The number of fused-ring (bicyclic) bond motifs is 1. The summed E-state index contributed by atoms with van der Waals surface area (Å²) in [6, 6.07) is 10.3. The monoisotopic (exact) mass is 458 g/mol. The molecule has 6 nitrogen and oxygen atoms in total. The molecule has 0 atom stereocenters. The zero-order chi connectivity index (χ0) is 24.0. The Bertz CT molecular complexity index is 1190. The first-order valence-electron chi connectivity index (χ1n) is 11.0. The molecule has 0 aliphatic carbocycles. The number of halogens is 2. The van der Waals surface area contributed by atoms with Gasteiger partial charge in [0, 0.05) is 29.8 Å². The fourth-order valence-electron chi connectivity index (χ4n) is 3.86. The Morgan fingerprint density at radius 1 is 1.09 bits per heavy atom. The van der Waals surface area contributed by atoms with Crippen molar-refractivity contribution in [3.8, 4) is 5.75 Å². The van der Waals surface area contributed by atoms with Crippen LogP contribution in [0.3, 0.4) is 0 Å². The fraction of sp³-hybridized carbons (Fsp3) is 0.360. The number of ether oxygens (including phenoxy) is 1. The molecule has 3 rings (SSSR count). The van der Waals surface area contributed by atoms with E-state index < -0.39 is 17.6 Å². The molecular weight excluding hydrogens is 430 g/mol. The van der Waals surface area contributed by atoms with Crippen molar-refractivity contribution in [1.82, 2.24) is 9.47 Å². The summed E-state index contributed by atoms with van der Waals surface area (Å²) in [4.78, 5) is 26.5. The minimum Gasteiger partial charge on any atom is -0.492 e. The molecule has 1 N–H and O–H groups in total. The summed E-state index contributed by atoms with van der Waals surface area (Å²) in [5, 5.41) is 9.84. The zero-order valence-corrected chi connectivity index (χ0v) is 18.8. The van der Waals surface area contributed by atoms with Crippen molar-refractivity contribution < 1.29 is 23.4 Å². The van der Waals surface area contributed by atoms with E-state index in [9.17, 15) is 23.5 Å². The first-order chi connectivity index (χ1) is 15.8. The molecule has 3 aromatic rings. The molecule has 0 unspecified atom stereocenters. The Morgan fingerprint density at radius 2 is 1.85 bits per heavy atom. The van der Waals surface area contributed by atoms with Crippen LogP contribution in [0.1, 0.15) is 25.1 Å². The summed E-state index contributed by atoms with van der Waals surface area (Å²) in [5.74, 6) is -2.43. The van der Waals surface area contributed by atoms with Crippen LogP contribution in [0.5, 0.6) is 5.75 Å². The minimum absolute atomic E-state index is 0.119. The Kier molecular flexibility index (Phi) is 8.16. The van der Waals surface area contributed by atoms with Crippen molar-refractivity contribution >= 4 is 16.9 Å². The van der Waals surface area contributed by atoms with Crippen LogP contribution < -0.4 is 10.2 Å². The Morgan fingerprint density at radius 3 is 2.55 bits per heavy atom. The van der Waals surface area contributed by atoms with Crippen molar-refractivity contribution in [3.63, 3.8) is 0 Å². The van der Waals surface area contributed by atoms with Crippen LogP contribution in [0.15, 0.2) is 47.3 Å². The highest BCUT2D eigenvalue weighted by atomic mass is 19.2. The van der Waals surface area contributed by atoms with Crippen molar-refractivity contribution in [3.05, 3.63) is 75.6 Å². The number of hydrogen-bond donors (Lipinski definition) is 1. The third kappa shape index (κ3) is 5.96. The summed E-state index contributed by atoms with van der Waals surface area (Å²) in [7, 11) is 0. The van der Waals surface area contributed by atoms with Gasteiger partial charge >= 0.3 is 5.97 Å². The second-order valence-corrected chi connectivity index (χ2v) is 7.75. The van der Waals surface area contributed by atoms with Gasteiger partial charge in [-0.25, -0.2) is 8.78 Å². The van der Waals surface area contributed by atoms with Gasteiger partial charge in [0.1, 0.15) is 18.9 Å². The number of aryl methyl sites for hydroxylation is 2. The maximum Gasteiger partial charge on any atom is 0.323 e. The molecule has 8 heteroatoms. The van der Waals surface area contributed by atoms with E-state index in [1.165, 1.54) is 22.8 Å². The molecule has 2 aromatic carbocycles. The number of carboxylic acid groups (broad SMARTS) is 1. The molecule has 0 aliphatic rings. The minimum atomic E-state index is -1.08. The lowest BCUT2D eigenvalue weighted by atomic mass is 10.0. The van der Waals surface area contributed by atoms with E-state index in [0.717, 1.165) is 25.7 Å². The first-order valence-corrected chi connectivity index (χ1v) is 11.0. The lowest BCUT2D eigenvalue weighted by molar-refractivity contribution is -0.137. The van der Waals surface area contributed by atoms with Gasteiger partial charge in [-0.15, -0.1) is 0 Å². The highest BCUT2D eigenvalue weighted by Crippen LogP contribution is 2.22. The van der Waals surface area contributed by atoms with E-state index in [4.69, 9.17) is 4.74 Å². The van der Waals surface area contributed by atoms with Gasteiger partial charge in [0.2, 0.25) is 0 Å². The number of hydrogen-bond acceptors (Lipinski definition) is 4. The van der Waals surface area contributed by atoms with Crippen LogP contribution in [0.25, 0.3) is 10.9 Å². The summed E-state index contributed by atoms with van der Waals surface area (Å²) in [6.45, 7) is 6.78. The van der Waals surface area contributed by atoms with E-state index >= 15 is 0 Å². The third-order valence-electron chi connectivity index (χ3n) is 5.72. The van der Waals surface area contributed by atoms with Crippen molar-refractivity contribution in [2.45, 2.75) is 33.2 Å². The smallest absolute Gasteiger partial charge is 0.323 e. The highest BCUT2D eigenvalue weighted by Gasteiger charge is 2.15. The molecule has 0 aliphatic heterocycles. The predicted octanol–water partition coefficient (Wildman–Crippen LogP) is 3.87. The van der Waals surface area contributed by atoms with Crippen molar-refractivity contribution in [2.75, 3.05) is 26.2 Å². The van der Waals surface area contributed by atoms with Crippen LogP contribution in [0, 0.1) is 11.6 Å². The van der Waals surface area contributed by atoms with E-state index in [2.05, 4.69) is 18.7 Å². The number of benzene rings is 2. The van der Waals surface area contributed by atoms with E-state index in [1.807, 2.05) is 0 Å². The quantitative estimate of drug-likeness (QED) is 0.472. The standard InChI is InChI=1S/C25H28F2N2O4/c1-3-28(4-2)12-13-33-19-10-11-20-22(15-19)29(16-24(31)32)18(14-23(20)30)9-8-17-6-5-7-21(26)25(17)27/h5-7,10-11,14-15H,3-4,8-9,12-13,16H2,1-2H3,(H,31,32). The number of carboxylic acids is 1. The van der Waals surface area contributed by atoms with Gasteiger partial charge in [-0.3, -0.25) is 9.59 Å². The lowest BCUT2D eigenvalue weighted by Crippen LogP contribution is -2.27. The molecule has 0 saturated heterocycles. The van der Waals surface area contributed by atoms with Gasteiger partial charge in [-0.2, -0.15) is 0 Å². The topological polar surface area (TPSA) is 71.8 Å². The SMILES string of the molecule is CCN(CC)CCOc1ccc2c(=O)cc(CCc3cccc(F)c3F)n(CC(=O)O)c2c1. The zero-order valence-electron chi connectivity index (χ0n) is 18.8. The largest absolute Gasteiger partial charge is 0.492 e. The van der Waals surface area contributed by atoms with Crippen LogP contribution in [0.2, 0.25) is 0 Å². The van der Waals surface area contributed by atoms with Crippen LogP contribution >= 0.6 is 0 Å². The predicted molar refractivity (Wildman–Crippen MR) is 123 cm³/mol. The number of rotatable bonds is 11. The normalized spacial score (nSPS) is 11.3. The second kappa shape index (κ2) is 11.0. The number of aromatic nitrogens is 1. The highest BCUT2D eigenvalue weighted by molar-refractivity contribution is 5.82. The van der Waals surface area contributed by atoms with E-state index in [-0.39, 0.29) is 30.4 Å². The molecule has 0 bridgehead atoms. The van der Waals surface area contributed by atoms with Gasteiger partial charge in [0.05, 0.1) is 5.52 Å². The van der Waals surface area contributed by atoms with Crippen molar-refractivity contribution in [1.29, 1.82) is 0 Å². The summed E-state index contributed by atoms with van der Waals surface area (Å²) in [5.41, 5.74) is 0.757. The van der Waals surface area contributed by atoms with Gasteiger partial charge in [-0.05, 0) is 49.7 Å². The molecule has 0 spiro atoms. The van der Waals surface area contributed by atoms with Gasteiger partial charge in [0.25, 0.3) is 0 Å². The average molecular weight is 459 g/mol. The van der Waals surface area contributed by atoms with Crippen molar-refractivity contribution in [2.24, 2.45) is 0 Å². The third-order valence-corrected chi connectivity index (χ3v) is 5.72. The molecule has 0 amide bonds. The molecule has 0 fully saturated rings. The number of likely N-dealkylation sites (N-methyl/N-ethyl adjacent to an activating group) is 1. The van der Waals surface area contributed by atoms with E-state index in [0.29, 0.717) is 29.0 Å². The van der Waals surface area contributed by atoms with Crippen LogP contribution in [-0.2, 0) is 24.2 Å². The Hall–Kier alpha value is -3.26. The molecular formula is C25H28F2N2O4. The van der Waals surface area contributed by atoms with Crippen LogP contribution in [-0.4, -0.2) is 46.8 Å². The Balaban J connectivity index is 1.94. The average Bonchev–Trinajstić information content (AvgIpc) is 2.79. The maximum atomic E-state index is 14.1. The number of pyridine rings is 1. The molecule has 176 valence electrons. The number of aliphatic carboxylic acids is 1. The lowest BCUT2D eigenvalue weighted by Gasteiger charge is -2.19. The molecule has 1 aromatic heterocycles.